The van der Waals surface area contributed by atoms with Crippen LogP contribution in [0, 0.1) is 0 Å². The molecule has 31 heavy (non-hydrogen) atoms. The van der Waals surface area contributed by atoms with Gasteiger partial charge >= 0.3 is 5.97 Å². The average molecular weight is 489 g/mol. The summed E-state index contributed by atoms with van der Waals surface area (Å²) >= 11 is 3.58. The van der Waals surface area contributed by atoms with E-state index in [9.17, 15) is 4.79 Å². The molecule has 4 rings (SSSR count). The zero-order valence-electron chi connectivity index (χ0n) is 18.1. The summed E-state index contributed by atoms with van der Waals surface area (Å²) in [6.07, 6.45) is 8.73. The van der Waals surface area contributed by atoms with Crippen molar-refractivity contribution in [2.45, 2.75) is 70.9 Å². The third-order valence-electron chi connectivity index (χ3n) is 5.86. The van der Waals surface area contributed by atoms with E-state index in [4.69, 9.17) is 9.47 Å². The quantitative estimate of drug-likeness (QED) is 0.416. The predicted molar refractivity (Wildman–Crippen MR) is 122 cm³/mol. The molecule has 0 bridgehead atoms. The number of fused-ring (bicyclic) bond motifs is 1. The molecule has 8 heteroatoms. The minimum atomic E-state index is -0.482. The van der Waals surface area contributed by atoms with Gasteiger partial charge < -0.3 is 14.8 Å². The van der Waals surface area contributed by atoms with Gasteiger partial charge in [-0.1, -0.05) is 35.7 Å². The maximum atomic E-state index is 13.4. The van der Waals surface area contributed by atoms with Crippen molar-refractivity contribution in [3.8, 4) is 5.75 Å². The van der Waals surface area contributed by atoms with Gasteiger partial charge in [0.05, 0.1) is 12.2 Å². The molecule has 1 aromatic heterocycles. The van der Waals surface area contributed by atoms with E-state index in [1.807, 2.05) is 25.1 Å². The summed E-state index contributed by atoms with van der Waals surface area (Å²) in [6.45, 7) is 4.63. The third-order valence-corrected chi connectivity index (χ3v) is 6.36. The van der Waals surface area contributed by atoms with Crippen LogP contribution in [-0.4, -0.2) is 33.4 Å². The van der Waals surface area contributed by atoms with E-state index >= 15 is 0 Å². The number of nitrogens with zero attached hydrogens (tertiary/aromatic N) is 3. The molecule has 0 saturated heterocycles. The van der Waals surface area contributed by atoms with E-state index < -0.39 is 6.04 Å². The fourth-order valence-corrected chi connectivity index (χ4v) is 4.61. The summed E-state index contributed by atoms with van der Waals surface area (Å²) in [5.74, 6) is 1.03. The highest BCUT2D eigenvalue weighted by molar-refractivity contribution is 9.10. The lowest BCUT2D eigenvalue weighted by Gasteiger charge is -2.31. The molecule has 0 radical (unpaired) electrons. The molecule has 2 heterocycles. The molecule has 1 aromatic carbocycles. The number of aromatic nitrogens is 3. The molecule has 0 spiro atoms. The van der Waals surface area contributed by atoms with E-state index in [-0.39, 0.29) is 12.1 Å². The molecule has 1 N–H and O–H groups in total. The van der Waals surface area contributed by atoms with Crippen molar-refractivity contribution < 1.29 is 14.3 Å². The van der Waals surface area contributed by atoms with Gasteiger partial charge in [-0.05, 0) is 57.2 Å². The maximum Gasteiger partial charge on any atom is 0.338 e. The van der Waals surface area contributed by atoms with Crippen molar-refractivity contribution in [1.82, 2.24) is 14.8 Å². The number of nitrogens with one attached hydrogen (secondary N) is 1. The Kier molecular flexibility index (Phi) is 6.95. The number of hydrogen-bond acceptors (Lipinski definition) is 6. The second-order valence-electron chi connectivity index (χ2n) is 8.14. The van der Waals surface area contributed by atoms with Crippen LogP contribution in [0.4, 0.5) is 5.95 Å². The summed E-state index contributed by atoms with van der Waals surface area (Å²) in [7, 11) is 0. The lowest BCUT2D eigenvalue weighted by molar-refractivity contribution is -0.146. The molecule has 2 aliphatic rings. The summed E-state index contributed by atoms with van der Waals surface area (Å²) in [6, 6.07) is 5.39. The first kappa shape index (κ1) is 21.9. The van der Waals surface area contributed by atoms with Gasteiger partial charge in [-0.2, -0.15) is 10.1 Å². The Balaban J connectivity index is 1.73. The number of benzene rings is 1. The Morgan fingerprint density at radius 1 is 1.29 bits per heavy atom. The zero-order valence-corrected chi connectivity index (χ0v) is 19.7. The highest BCUT2D eigenvalue weighted by Gasteiger charge is 2.37. The van der Waals surface area contributed by atoms with Gasteiger partial charge in [0.2, 0.25) is 5.95 Å². The van der Waals surface area contributed by atoms with Crippen LogP contribution in [-0.2, 0) is 9.53 Å². The van der Waals surface area contributed by atoms with Gasteiger partial charge in [-0.15, -0.1) is 0 Å². The summed E-state index contributed by atoms with van der Waals surface area (Å²) < 4.78 is 14.7. The van der Waals surface area contributed by atoms with E-state index in [2.05, 4.69) is 38.3 Å². The first-order chi connectivity index (χ1) is 15.1. The SMILES string of the molecule is CCCCOc1ccc(Br)cc1C1C(C(=O)OC2CCCCC2)=C(C)Nc2ncnn21. The van der Waals surface area contributed by atoms with Crippen molar-refractivity contribution in [2.24, 2.45) is 0 Å². The van der Waals surface area contributed by atoms with Crippen LogP contribution in [0.25, 0.3) is 0 Å². The normalized spacial score (nSPS) is 19.0. The number of allylic oxidation sites excluding steroid dienone is 1. The molecule has 7 nitrogen and oxygen atoms in total. The number of ether oxygens (including phenoxy) is 2. The molecule has 1 aliphatic heterocycles. The van der Waals surface area contributed by atoms with Crippen LogP contribution in [0.15, 0.2) is 40.3 Å². The van der Waals surface area contributed by atoms with Crippen LogP contribution in [0.2, 0.25) is 0 Å². The number of carbonyl (C=O) groups is 1. The number of unbranched alkanes of at least 4 members (excludes halogenated alkanes) is 1. The molecule has 1 atom stereocenters. The second kappa shape index (κ2) is 9.85. The smallest absolute Gasteiger partial charge is 0.338 e. The Hall–Kier alpha value is -2.35. The lowest BCUT2D eigenvalue weighted by Crippen LogP contribution is -2.32. The van der Waals surface area contributed by atoms with Crippen LogP contribution in [0.5, 0.6) is 5.75 Å². The zero-order chi connectivity index (χ0) is 21.8. The number of hydrogen-bond donors (Lipinski definition) is 1. The van der Waals surface area contributed by atoms with Gasteiger partial charge in [0, 0.05) is 15.7 Å². The number of esters is 1. The Labute approximate surface area is 191 Å². The van der Waals surface area contributed by atoms with Crippen molar-refractivity contribution >= 4 is 27.8 Å². The molecule has 1 unspecified atom stereocenters. The molecular weight excluding hydrogens is 460 g/mol. The van der Waals surface area contributed by atoms with Crippen molar-refractivity contribution in [3.05, 3.63) is 45.8 Å². The summed E-state index contributed by atoms with van der Waals surface area (Å²) in [5, 5.41) is 7.64. The molecule has 166 valence electrons. The number of halogens is 1. The van der Waals surface area contributed by atoms with Crippen LogP contribution >= 0.6 is 15.9 Å². The van der Waals surface area contributed by atoms with Gasteiger partial charge in [0.1, 0.15) is 24.2 Å². The monoisotopic (exact) mass is 488 g/mol. The van der Waals surface area contributed by atoms with Crippen molar-refractivity contribution in [3.63, 3.8) is 0 Å². The average Bonchev–Trinajstić information content (AvgIpc) is 3.22. The lowest BCUT2D eigenvalue weighted by atomic mass is 9.94. The van der Waals surface area contributed by atoms with Gasteiger partial charge in [0.25, 0.3) is 0 Å². The van der Waals surface area contributed by atoms with Crippen LogP contribution in [0.3, 0.4) is 0 Å². The van der Waals surface area contributed by atoms with Crippen LogP contribution in [0.1, 0.15) is 70.4 Å². The molecule has 1 saturated carbocycles. The fourth-order valence-electron chi connectivity index (χ4n) is 4.23. The first-order valence-corrected chi connectivity index (χ1v) is 11.9. The molecule has 2 aromatic rings. The van der Waals surface area contributed by atoms with E-state index in [0.29, 0.717) is 18.1 Å². The van der Waals surface area contributed by atoms with Gasteiger partial charge in [-0.3, -0.25) is 0 Å². The summed E-state index contributed by atoms with van der Waals surface area (Å²) in [4.78, 5) is 17.7. The second-order valence-corrected chi connectivity index (χ2v) is 9.06. The van der Waals surface area contributed by atoms with Gasteiger partial charge in [-0.25, -0.2) is 9.48 Å². The number of rotatable bonds is 7. The van der Waals surface area contributed by atoms with Crippen molar-refractivity contribution in [2.75, 3.05) is 11.9 Å². The van der Waals surface area contributed by atoms with Gasteiger partial charge in [0.15, 0.2) is 0 Å². The number of anilines is 1. The standard InChI is InChI=1S/C23H29BrN4O3/c1-3-4-12-30-19-11-10-16(24)13-18(19)21-20(15(2)27-23-25-14-26-28(21)23)22(29)31-17-8-6-5-7-9-17/h10-11,13-14,17,21H,3-9,12H2,1-2H3,(H,25,26,27). The Morgan fingerprint density at radius 2 is 2.10 bits per heavy atom. The number of carbonyl (C=O) groups excluding carboxylic acids is 1. The Bertz CT molecular complexity index is 965. The molecular formula is C23H29BrN4O3. The van der Waals surface area contributed by atoms with E-state index in [0.717, 1.165) is 60.0 Å². The van der Waals surface area contributed by atoms with Crippen LogP contribution < -0.4 is 10.1 Å². The predicted octanol–water partition coefficient (Wildman–Crippen LogP) is 5.38. The molecule has 1 fully saturated rings. The first-order valence-electron chi connectivity index (χ1n) is 11.1. The highest BCUT2D eigenvalue weighted by atomic mass is 79.9. The molecule has 0 amide bonds. The van der Waals surface area contributed by atoms with Crippen molar-refractivity contribution in [1.29, 1.82) is 0 Å². The Morgan fingerprint density at radius 3 is 2.87 bits per heavy atom. The van der Waals surface area contributed by atoms with E-state index in [1.165, 1.54) is 12.7 Å². The molecule has 1 aliphatic carbocycles. The third kappa shape index (κ3) is 4.79. The largest absolute Gasteiger partial charge is 0.493 e. The minimum absolute atomic E-state index is 0.0258. The topological polar surface area (TPSA) is 78.3 Å². The van der Waals surface area contributed by atoms with E-state index in [1.54, 1.807) is 4.68 Å². The summed E-state index contributed by atoms with van der Waals surface area (Å²) in [5.41, 5.74) is 2.13. The fraction of sp³-hybridized carbons (Fsp3) is 0.522. The maximum absolute atomic E-state index is 13.4. The minimum Gasteiger partial charge on any atom is -0.493 e. The highest BCUT2D eigenvalue weighted by Crippen LogP contribution is 2.41.